The van der Waals surface area contributed by atoms with Gasteiger partial charge in [-0.05, 0) is 98.2 Å². The van der Waals surface area contributed by atoms with Gasteiger partial charge >= 0.3 is 5.97 Å². The molecule has 1 aromatic heterocycles. The molecule has 0 saturated heterocycles. The minimum Gasteiger partial charge on any atom is -0.488 e. The molecule has 0 aliphatic carbocycles. The third-order valence-electron chi connectivity index (χ3n) is 9.88. The number of nitrogens with one attached hydrogen (secondary N) is 2. The number of nitrogens with zero attached hydrogens (tertiary/aromatic N) is 2. The number of aliphatic hydroxyl groups excluding tert-OH is 1. The number of nitriles is 1. The van der Waals surface area contributed by atoms with Crippen molar-refractivity contribution in [3.8, 4) is 28.7 Å². The van der Waals surface area contributed by atoms with Crippen molar-refractivity contribution in [2.45, 2.75) is 65.8 Å². The van der Waals surface area contributed by atoms with E-state index in [4.69, 9.17) is 26.2 Å². The lowest BCUT2D eigenvalue weighted by Crippen LogP contribution is -2.52. The number of hydrogen-bond donors (Lipinski definition) is 5. The average molecular weight is 842 g/mol. The summed E-state index contributed by atoms with van der Waals surface area (Å²) in [6, 6.07) is 19.3. The SMILES string of the molecule is C=CC/C(=C\C=C(/C)c1cccc(-c2cccc(COc3cc(OCc4cncc(C#N)c4)c(CN[C@@](C)(CO)C(=O)O)cc3Cl)c2C)c1C)CNCCCS(N)(=O)=O. The van der Waals surface area contributed by atoms with Crippen molar-refractivity contribution in [3.63, 3.8) is 0 Å². The van der Waals surface area contributed by atoms with E-state index >= 15 is 0 Å². The van der Waals surface area contributed by atoms with Crippen LogP contribution < -0.4 is 25.2 Å². The number of nitrogens with two attached hydrogens (primary N) is 1. The molecule has 59 heavy (non-hydrogen) atoms. The first-order valence-electron chi connectivity index (χ1n) is 19.0. The van der Waals surface area contributed by atoms with Crippen LogP contribution in [-0.2, 0) is 34.6 Å². The number of ether oxygens (including phenoxy) is 2. The fraction of sp³-hybridized carbons (Fsp3) is 0.311. The number of aliphatic hydroxyl groups is 1. The third-order valence-corrected chi connectivity index (χ3v) is 11.0. The number of benzene rings is 3. The van der Waals surface area contributed by atoms with Gasteiger partial charge in [0.15, 0.2) is 0 Å². The summed E-state index contributed by atoms with van der Waals surface area (Å²) in [4.78, 5) is 16.0. The first kappa shape index (κ1) is 46.4. The monoisotopic (exact) mass is 841 g/mol. The van der Waals surface area contributed by atoms with Crippen LogP contribution in [0.25, 0.3) is 16.7 Å². The molecule has 6 N–H and O–H groups in total. The second-order valence-electron chi connectivity index (χ2n) is 14.4. The summed E-state index contributed by atoms with van der Waals surface area (Å²) in [5.41, 5.74) is 8.50. The van der Waals surface area contributed by atoms with E-state index in [2.05, 4.69) is 79.4 Å². The van der Waals surface area contributed by atoms with Gasteiger partial charge in [0.2, 0.25) is 10.0 Å². The molecular weight excluding hydrogens is 790 g/mol. The van der Waals surface area contributed by atoms with Gasteiger partial charge in [0.25, 0.3) is 0 Å². The molecule has 14 heteroatoms. The maximum atomic E-state index is 11.9. The summed E-state index contributed by atoms with van der Waals surface area (Å²) in [5, 5.41) is 40.3. The molecule has 1 heterocycles. The first-order valence-corrected chi connectivity index (χ1v) is 21.1. The van der Waals surface area contributed by atoms with E-state index in [9.17, 15) is 28.7 Å². The number of pyridine rings is 1. The number of carbonyl (C=O) groups is 1. The number of primary sulfonamides is 1. The first-order chi connectivity index (χ1) is 28.1. The Balaban J connectivity index is 1.57. The van der Waals surface area contributed by atoms with Gasteiger partial charge in [0, 0.05) is 42.7 Å². The van der Waals surface area contributed by atoms with Crippen molar-refractivity contribution in [1.82, 2.24) is 15.6 Å². The van der Waals surface area contributed by atoms with Gasteiger partial charge < -0.3 is 25.0 Å². The van der Waals surface area contributed by atoms with Crippen molar-refractivity contribution >= 4 is 33.2 Å². The average Bonchev–Trinajstić information content (AvgIpc) is 3.21. The molecule has 1 atom stereocenters. The number of rotatable bonds is 22. The second kappa shape index (κ2) is 21.6. The highest BCUT2D eigenvalue weighted by atomic mass is 35.5. The maximum Gasteiger partial charge on any atom is 0.326 e. The predicted molar refractivity (Wildman–Crippen MR) is 232 cm³/mol. The summed E-state index contributed by atoms with van der Waals surface area (Å²) in [5.74, 6) is -0.557. The highest BCUT2D eigenvalue weighted by Gasteiger charge is 2.32. The maximum absolute atomic E-state index is 11.9. The quantitative estimate of drug-likeness (QED) is 0.0306. The normalized spacial score (nSPS) is 13.1. The number of allylic oxidation sites excluding steroid dienone is 4. The van der Waals surface area contributed by atoms with Gasteiger partial charge in [0.1, 0.15) is 36.3 Å². The van der Waals surface area contributed by atoms with Crippen LogP contribution >= 0.6 is 11.6 Å². The molecule has 0 amide bonds. The molecule has 0 spiro atoms. The standard InChI is InChI=1S/C45H52ClN5O7S/c1-6-10-33(23-49-17-9-18-59(48,55)56)16-15-30(2)38-12-8-14-40(32(38)4)39-13-7-11-36(31(39)3)28-58-43-21-42(57-27-35-19-34(22-47)24-50-25-35)37(20-41(43)46)26-51-45(5,29-52)44(53)54/h6-8,11-16,19-21,24-25,49,51-52H,1,9-10,17-18,23,26-29H2,2-5H3,(H,53,54)(H2,48,55,56)/b30-15+,33-16+/t45-/m0/s1. The Morgan fingerprint density at radius 3 is 2.42 bits per heavy atom. The number of hydrogen-bond acceptors (Lipinski definition) is 10. The Hall–Kier alpha value is -5.33. The van der Waals surface area contributed by atoms with Crippen molar-refractivity contribution < 1.29 is 32.9 Å². The van der Waals surface area contributed by atoms with Crippen LogP contribution in [0.15, 0.2) is 97.4 Å². The Kier molecular flexibility index (Phi) is 17.0. The second-order valence-corrected chi connectivity index (χ2v) is 16.6. The predicted octanol–water partition coefficient (Wildman–Crippen LogP) is 7.15. The van der Waals surface area contributed by atoms with Gasteiger partial charge in [-0.1, -0.05) is 71.8 Å². The lowest BCUT2D eigenvalue weighted by Gasteiger charge is -2.25. The molecule has 3 aromatic carbocycles. The molecule has 0 saturated carbocycles. The number of halogens is 1. The van der Waals surface area contributed by atoms with E-state index in [1.807, 2.05) is 24.3 Å². The van der Waals surface area contributed by atoms with Gasteiger partial charge in [-0.2, -0.15) is 5.26 Å². The molecule has 0 aliphatic heterocycles. The van der Waals surface area contributed by atoms with Gasteiger partial charge in [-0.15, -0.1) is 6.58 Å². The largest absolute Gasteiger partial charge is 0.488 e. The lowest BCUT2D eigenvalue weighted by molar-refractivity contribution is -0.145. The zero-order valence-electron chi connectivity index (χ0n) is 33.8. The van der Waals surface area contributed by atoms with Crippen molar-refractivity contribution in [3.05, 3.63) is 141 Å². The van der Waals surface area contributed by atoms with E-state index in [1.165, 1.54) is 13.1 Å². The van der Waals surface area contributed by atoms with Crippen LogP contribution in [0.3, 0.4) is 0 Å². The number of aliphatic carboxylic acids is 1. The Morgan fingerprint density at radius 1 is 1.03 bits per heavy atom. The van der Waals surface area contributed by atoms with Gasteiger partial charge in [0.05, 0.1) is 22.9 Å². The van der Waals surface area contributed by atoms with Crippen LogP contribution in [0.4, 0.5) is 0 Å². The summed E-state index contributed by atoms with van der Waals surface area (Å²) >= 11 is 6.76. The molecule has 312 valence electrons. The smallest absolute Gasteiger partial charge is 0.326 e. The summed E-state index contributed by atoms with van der Waals surface area (Å²) < 4.78 is 35.0. The lowest BCUT2D eigenvalue weighted by atomic mass is 9.89. The summed E-state index contributed by atoms with van der Waals surface area (Å²) in [6.45, 7) is 12.3. The minimum atomic E-state index is -3.48. The van der Waals surface area contributed by atoms with E-state index in [0.717, 1.165) is 44.5 Å². The molecule has 0 fully saturated rings. The van der Waals surface area contributed by atoms with Crippen LogP contribution in [0, 0.1) is 25.2 Å². The molecule has 0 unspecified atom stereocenters. The minimum absolute atomic E-state index is 0.0123. The number of aromatic nitrogens is 1. The van der Waals surface area contributed by atoms with E-state index in [-0.39, 0.29) is 30.5 Å². The van der Waals surface area contributed by atoms with Crippen molar-refractivity contribution in [1.29, 1.82) is 5.26 Å². The van der Waals surface area contributed by atoms with Gasteiger partial charge in [-0.3, -0.25) is 15.1 Å². The molecule has 4 aromatic rings. The molecular formula is C45H52ClN5O7S. The number of carboxylic acid groups (broad SMARTS) is 1. The van der Waals surface area contributed by atoms with E-state index in [1.54, 1.807) is 24.4 Å². The fourth-order valence-corrected chi connectivity index (χ4v) is 7.03. The number of carboxylic acids is 1. The van der Waals surface area contributed by atoms with Crippen molar-refractivity contribution in [2.24, 2.45) is 5.14 Å². The highest BCUT2D eigenvalue weighted by Crippen LogP contribution is 2.36. The summed E-state index contributed by atoms with van der Waals surface area (Å²) in [6.07, 6.45) is 10.2. The topological polar surface area (TPSA) is 197 Å². The molecule has 0 bridgehead atoms. The Morgan fingerprint density at radius 2 is 1.75 bits per heavy atom. The van der Waals surface area contributed by atoms with Crippen LogP contribution in [-0.4, -0.2) is 60.6 Å². The zero-order chi connectivity index (χ0) is 43.2. The summed E-state index contributed by atoms with van der Waals surface area (Å²) in [7, 11) is -3.48. The number of sulfonamides is 1. The molecule has 0 radical (unpaired) electrons. The highest BCUT2D eigenvalue weighted by molar-refractivity contribution is 7.89. The fourth-order valence-electron chi connectivity index (χ4n) is 6.24. The Labute approximate surface area is 352 Å². The zero-order valence-corrected chi connectivity index (χ0v) is 35.4. The van der Waals surface area contributed by atoms with Gasteiger partial charge in [-0.25, -0.2) is 13.6 Å². The van der Waals surface area contributed by atoms with E-state index < -0.39 is 28.1 Å². The van der Waals surface area contributed by atoms with E-state index in [0.29, 0.717) is 54.1 Å². The molecule has 0 aliphatic rings. The Bertz CT molecular complexity index is 2360. The van der Waals surface area contributed by atoms with Crippen molar-refractivity contribution in [2.75, 3.05) is 25.4 Å². The van der Waals surface area contributed by atoms with Crippen LogP contribution in [0.1, 0.15) is 65.6 Å². The van der Waals surface area contributed by atoms with Crippen LogP contribution in [0.2, 0.25) is 5.02 Å². The molecule has 4 rings (SSSR count). The third kappa shape index (κ3) is 13.3. The molecule has 12 nitrogen and oxygen atoms in total. The van der Waals surface area contributed by atoms with Crippen LogP contribution in [0.5, 0.6) is 11.5 Å².